The molecule has 0 saturated heterocycles. The maximum atomic E-state index is 6.18. The van der Waals surface area contributed by atoms with Gasteiger partial charge < -0.3 is 9.32 Å². The van der Waals surface area contributed by atoms with E-state index >= 15 is 0 Å². The van der Waals surface area contributed by atoms with Crippen LogP contribution in [0.15, 0.2) is 174 Å². The molecular formula is C43H30N2O. The average molecular weight is 591 g/mol. The van der Waals surface area contributed by atoms with Gasteiger partial charge in [0.2, 0.25) is 5.71 Å². The SMILES string of the molecule is C1=CC2=CC(c3ccccc3N(c3ccc(-c4ccccc4)cc3)c3ccc4cc5c(cc4c3)oc3ncccc35)=CCC2C=C1. The number of para-hydroxylation sites is 1. The van der Waals surface area contributed by atoms with E-state index < -0.39 is 0 Å². The van der Waals surface area contributed by atoms with E-state index in [0.717, 1.165) is 45.2 Å². The number of hydrogen-bond acceptors (Lipinski definition) is 3. The van der Waals surface area contributed by atoms with Crippen LogP contribution in [0.3, 0.4) is 0 Å². The van der Waals surface area contributed by atoms with E-state index in [9.17, 15) is 0 Å². The van der Waals surface area contributed by atoms with E-state index in [1.807, 2.05) is 6.07 Å². The van der Waals surface area contributed by atoms with E-state index in [4.69, 9.17) is 4.42 Å². The number of fused-ring (bicyclic) bond motifs is 5. The van der Waals surface area contributed by atoms with Gasteiger partial charge in [-0.25, -0.2) is 4.98 Å². The summed E-state index contributed by atoms with van der Waals surface area (Å²) in [7, 11) is 0. The first-order valence-electron chi connectivity index (χ1n) is 15.8. The fourth-order valence-corrected chi connectivity index (χ4v) is 6.90. The highest BCUT2D eigenvalue weighted by Gasteiger charge is 2.22. The Morgan fingerprint density at radius 2 is 1.50 bits per heavy atom. The first-order chi connectivity index (χ1) is 22.8. The Morgan fingerprint density at radius 3 is 2.41 bits per heavy atom. The van der Waals surface area contributed by atoms with Crippen molar-refractivity contribution in [1.29, 1.82) is 0 Å². The number of aromatic nitrogens is 1. The Morgan fingerprint density at radius 1 is 0.674 bits per heavy atom. The number of allylic oxidation sites excluding steroid dienone is 8. The Labute approximate surface area is 267 Å². The minimum absolute atomic E-state index is 0.452. The number of benzene rings is 5. The van der Waals surface area contributed by atoms with Gasteiger partial charge in [0.05, 0.1) is 5.69 Å². The fraction of sp³-hybridized carbons (Fsp3) is 0.0465. The van der Waals surface area contributed by atoms with Crippen molar-refractivity contribution in [3.63, 3.8) is 0 Å². The second-order valence-corrected chi connectivity index (χ2v) is 12.0. The van der Waals surface area contributed by atoms with Crippen LogP contribution >= 0.6 is 0 Å². The highest BCUT2D eigenvalue weighted by molar-refractivity contribution is 6.09. The van der Waals surface area contributed by atoms with Crippen molar-refractivity contribution in [2.75, 3.05) is 4.90 Å². The number of furan rings is 1. The lowest BCUT2D eigenvalue weighted by Gasteiger charge is -2.29. The van der Waals surface area contributed by atoms with E-state index in [-0.39, 0.29) is 0 Å². The summed E-state index contributed by atoms with van der Waals surface area (Å²) >= 11 is 0. The minimum Gasteiger partial charge on any atom is -0.438 e. The molecule has 5 aromatic carbocycles. The van der Waals surface area contributed by atoms with E-state index in [1.165, 1.54) is 33.2 Å². The molecule has 2 aliphatic carbocycles. The Hall–Kier alpha value is -5.93. The van der Waals surface area contributed by atoms with E-state index in [0.29, 0.717) is 11.6 Å². The Kier molecular flexibility index (Phi) is 6.27. The highest BCUT2D eigenvalue weighted by Crippen LogP contribution is 2.43. The molecule has 7 aromatic rings. The van der Waals surface area contributed by atoms with Gasteiger partial charge in [-0.3, -0.25) is 0 Å². The van der Waals surface area contributed by atoms with Crippen LogP contribution in [0.2, 0.25) is 0 Å². The Bertz CT molecular complexity index is 2390. The molecule has 0 aliphatic heterocycles. The first kappa shape index (κ1) is 26.5. The summed E-state index contributed by atoms with van der Waals surface area (Å²) in [4.78, 5) is 6.83. The van der Waals surface area contributed by atoms with Gasteiger partial charge in [-0.1, -0.05) is 103 Å². The average Bonchev–Trinajstić information content (AvgIpc) is 3.49. The molecule has 0 N–H and O–H groups in total. The predicted octanol–water partition coefficient (Wildman–Crippen LogP) is 11.7. The fourth-order valence-electron chi connectivity index (χ4n) is 6.90. The molecule has 1 atom stereocenters. The molecule has 2 aromatic heterocycles. The van der Waals surface area contributed by atoms with Crippen molar-refractivity contribution in [3.05, 3.63) is 175 Å². The molecule has 1 unspecified atom stereocenters. The molecule has 46 heavy (non-hydrogen) atoms. The lowest BCUT2D eigenvalue weighted by atomic mass is 9.83. The third-order valence-corrected chi connectivity index (χ3v) is 9.22. The molecule has 0 spiro atoms. The van der Waals surface area contributed by atoms with E-state index in [2.05, 4.69) is 162 Å². The standard InChI is InChI=1S/C43H30N2O/c1-2-9-29(10-3-1)31-18-21-36(22-19-31)45(41-15-7-6-13-38(41)34-17-16-30-11-4-5-12-32(30)25-34)37-23-20-33-27-40-39-14-8-24-44-43(39)46-42(40)28-35(33)26-37/h1-15,17-28,30H,16H2. The molecule has 0 radical (unpaired) electrons. The summed E-state index contributed by atoms with van der Waals surface area (Å²) in [6.07, 6.45) is 16.4. The summed E-state index contributed by atoms with van der Waals surface area (Å²) < 4.78 is 6.18. The zero-order valence-electron chi connectivity index (χ0n) is 25.2. The van der Waals surface area contributed by atoms with Gasteiger partial charge >= 0.3 is 0 Å². The quantitative estimate of drug-likeness (QED) is 0.200. The number of anilines is 3. The van der Waals surface area contributed by atoms with Crippen LogP contribution in [-0.2, 0) is 0 Å². The summed E-state index contributed by atoms with van der Waals surface area (Å²) in [6, 6.07) is 43.3. The summed E-state index contributed by atoms with van der Waals surface area (Å²) in [5.74, 6) is 0.452. The van der Waals surface area contributed by atoms with Crippen molar-refractivity contribution in [2.24, 2.45) is 5.92 Å². The number of pyridine rings is 1. The third-order valence-electron chi connectivity index (χ3n) is 9.22. The van der Waals surface area contributed by atoms with Crippen molar-refractivity contribution in [1.82, 2.24) is 4.98 Å². The smallest absolute Gasteiger partial charge is 0.227 e. The Balaban J connectivity index is 1.21. The lowest BCUT2D eigenvalue weighted by Crippen LogP contribution is -2.13. The molecule has 3 nitrogen and oxygen atoms in total. The second-order valence-electron chi connectivity index (χ2n) is 12.0. The summed E-state index contributed by atoms with van der Waals surface area (Å²) in [5.41, 5.74) is 11.1. The monoisotopic (exact) mass is 590 g/mol. The molecule has 0 amide bonds. The largest absolute Gasteiger partial charge is 0.438 e. The van der Waals surface area contributed by atoms with Gasteiger partial charge in [0.25, 0.3) is 0 Å². The van der Waals surface area contributed by atoms with Crippen molar-refractivity contribution in [3.8, 4) is 11.1 Å². The predicted molar refractivity (Wildman–Crippen MR) is 192 cm³/mol. The van der Waals surface area contributed by atoms with Crippen LogP contribution < -0.4 is 4.90 Å². The summed E-state index contributed by atoms with van der Waals surface area (Å²) in [5, 5.41) is 4.41. The van der Waals surface area contributed by atoms with Crippen LogP contribution in [0, 0.1) is 5.92 Å². The van der Waals surface area contributed by atoms with Gasteiger partial charge in [-0.2, -0.15) is 0 Å². The maximum absolute atomic E-state index is 6.18. The van der Waals surface area contributed by atoms with E-state index in [1.54, 1.807) is 6.20 Å². The van der Waals surface area contributed by atoms with Crippen molar-refractivity contribution in [2.45, 2.75) is 6.42 Å². The topological polar surface area (TPSA) is 29.3 Å². The number of rotatable bonds is 5. The maximum Gasteiger partial charge on any atom is 0.227 e. The molecular weight excluding hydrogens is 560 g/mol. The molecule has 2 heterocycles. The lowest BCUT2D eigenvalue weighted by molar-refractivity contribution is 0.654. The molecule has 2 aliphatic rings. The molecule has 3 heteroatoms. The normalized spacial score (nSPS) is 15.6. The van der Waals surface area contributed by atoms with Crippen molar-refractivity contribution >= 4 is 55.5 Å². The zero-order valence-corrected chi connectivity index (χ0v) is 25.2. The number of nitrogens with zero attached hydrogens (tertiary/aromatic N) is 2. The van der Waals surface area contributed by atoms with Crippen LogP contribution in [0.4, 0.5) is 17.1 Å². The van der Waals surface area contributed by atoms with Gasteiger partial charge in [0.15, 0.2) is 0 Å². The van der Waals surface area contributed by atoms with Crippen molar-refractivity contribution < 1.29 is 4.42 Å². The van der Waals surface area contributed by atoms with Crippen LogP contribution in [-0.4, -0.2) is 4.98 Å². The number of hydrogen-bond donors (Lipinski definition) is 0. The molecule has 0 saturated carbocycles. The van der Waals surface area contributed by atoms with Crippen LogP contribution in [0.5, 0.6) is 0 Å². The van der Waals surface area contributed by atoms with Gasteiger partial charge in [-0.15, -0.1) is 0 Å². The highest BCUT2D eigenvalue weighted by atomic mass is 16.3. The first-order valence-corrected chi connectivity index (χ1v) is 15.8. The molecule has 218 valence electrons. The van der Waals surface area contributed by atoms with Gasteiger partial charge in [0.1, 0.15) is 5.58 Å². The molecule has 0 bridgehead atoms. The molecule has 0 fully saturated rings. The minimum atomic E-state index is 0.452. The second kappa shape index (κ2) is 10.9. The summed E-state index contributed by atoms with van der Waals surface area (Å²) in [6.45, 7) is 0. The van der Waals surface area contributed by atoms with Crippen LogP contribution in [0.1, 0.15) is 12.0 Å². The van der Waals surface area contributed by atoms with Crippen LogP contribution in [0.25, 0.3) is 49.5 Å². The molecule has 9 rings (SSSR count). The zero-order chi connectivity index (χ0) is 30.5. The third kappa shape index (κ3) is 4.56. The van der Waals surface area contributed by atoms with Gasteiger partial charge in [0, 0.05) is 39.8 Å². The van der Waals surface area contributed by atoms with Gasteiger partial charge in [-0.05, 0) is 94.1 Å².